The standard InChI is InChI=1S/C15H17NO2.Ga/c1-2-3-4-7-13(17)12-9-8-11-6-5-10-16-14(11)15(12)18;/h5-6,8-10,18H,2-4,7H2,1H3;/q;+1/p-1. The minimum atomic E-state index is 0.147. The number of nitrogens with zero attached hydrogens (tertiary/aromatic N) is 1. The van der Waals surface area contributed by atoms with Crippen LogP contribution >= 0.6 is 0 Å². The fraction of sp³-hybridized carbons (Fsp3) is 0.333. The summed E-state index contributed by atoms with van der Waals surface area (Å²) in [6.45, 7) is 2.13. The minimum absolute atomic E-state index is 0.147. The first kappa shape index (κ1) is 14.2. The molecule has 1 aromatic carbocycles. The molecule has 2 radical (unpaired) electrons. The number of hydrogen-bond acceptors (Lipinski definition) is 3. The van der Waals surface area contributed by atoms with Gasteiger partial charge in [0.25, 0.3) is 0 Å². The van der Waals surface area contributed by atoms with E-state index in [0.29, 0.717) is 17.7 Å². The summed E-state index contributed by atoms with van der Waals surface area (Å²) in [5.74, 6) is 0.772. The second kappa shape index (κ2) is 6.77. The van der Waals surface area contributed by atoms with Crippen LogP contribution in [-0.2, 0) is 0 Å². The Bertz CT molecular complexity index is 583. The molecule has 2 aromatic rings. The SMILES string of the molecule is CCCCCC(=O)c1ccc2cccnc2c1[O][Ga]. The number of hydrogen-bond donors (Lipinski definition) is 0. The predicted molar refractivity (Wildman–Crippen MR) is 76.6 cm³/mol. The maximum atomic E-state index is 12.2. The van der Waals surface area contributed by atoms with Gasteiger partial charge >= 0.3 is 123 Å². The molecular weight excluding hydrogens is 296 g/mol. The Kier molecular flexibility index (Phi) is 5.04. The Morgan fingerprint density at radius 1 is 1.32 bits per heavy atom. The van der Waals surface area contributed by atoms with Gasteiger partial charge in [0, 0.05) is 0 Å². The molecule has 1 aromatic heterocycles. The van der Waals surface area contributed by atoms with Gasteiger partial charge in [-0.1, -0.05) is 0 Å². The molecule has 0 aliphatic rings. The number of pyridine rings is 1. The number of carbonyl (C=O) groups excluding carboxylic acids is 1. The van der Waals surface area contributed by atoms with Crippen LogP contribution in [0.4, 0.5) is 0 Å². The van der Waals surface area contributed by atoms with Crippen molar-refractivity contribution in [3.8, 4) is 5.75 Å². The van der Waals surface area contributed by atoms with Crippen LogP contribution in [-0.4, -0.2) is 29.7 Å². The van der Waals surface area contributed by atoms with Crippen molar-refractivity contribution in [1.29, 1.82) is 0 Å². The van der Waals surface area contributed by atoms with E-state index in [9.17, 15) is 4.79 Å². The first-order chi connectivity index (χ1) is 9.27. The van der Waals surface area contributed by atoms with Crippen molar-refractivity contribution in [2.45, 2.75) is 32.6 Å². The number of Topliss-reactive ketones (excluding diaryl/α,β-unsaturated/α-hetero) is 1. The van der Waals surface area contributed by atoms with Crippen molar-refractivity contribution in [1.82, 2.24) is 4.98 Å². The number of fused-ring (bicyclic) bond motifs is 1. The molecule has 3 nitrogen and oxygen atoms in total. The molecule has 0 aliphatic carbocycles. The zero-order valence-electron chi connectivity index (χ0n) is 11.1. The average Bonchev–Trinajstić information content (AvgIpc) is 2.46. The van der Waals surface area contributed by atoms with E-state index < -0.39 is 0 Å². The molecule has 0 saturated carbocycles. The molecule has 0 unspecified atom stereocenters. The molecule has 1 heterocycles. The van der Waals surface area contributed by atoms with Gasteiger partial charge in [0.15, 0.2) is 0 Å². The molecular formula is C15H16GaNO2. The van der Waals surface area contributed by atoms with Gasteiger partial charge in [-0.3, -0.25) is 0 Å². The van der Waals surface area contributed by atoms with E-state index in [1.165, 1.54) is 0 Å². The quantitative estimate of drug-likeness (QED) is 0.466. The van der Waals surface area contributed by atoms with Crippen LogP contribution in [0, 0.1) is 0 Å². The Morgan fingerprint density at radius 2 is 2.16 bits per heavy atom. The first-order valence-electron chi connectivity index (χ1n) is 6.55. The van der Waals surface area contributed by atoms with Crippen LogP contribution in [0.5, 0.6) is 5.75 Å². The third-order valence-electron chi connectivity index (χ3n) is 3.15. The van der Waals surface area contributed by atoms with Gasteiger partial charge < -0.3 is 0 Å². The molecule has 0 aliphatic heterocycles. The third kappa shape index (κ3) is 3.19. The van der Waals surface area contributed by atoms with Crippen molar-refractivity contribution in [3.05, 3.63) is 36.0 Å². The maximum absolute atomic E-state index is 12.2. The zero-order valence-corrected chi connectivity index (χ0v) is 13.5. The Labute approximate surface area is 123 Å². The molecule has 0 spiro atoms. The van der Waals surface area contributed by atoms with Gasteiger partial charge in [-0.25, -0.2) is 0 Å². The van der Waals surface area contributed by atoms with E-state index >= 15 is 0 Å². The normalized spacial score (nSPS) is 10.6. The Morgan fingerprint density at radius 3 is 2.89 bits per heavy atom. The summed E-state index contributed by atoms with van der Waals surface area (Å²) in [6, 6.07) is 7.65. The van der Waals surface area contributed by atoms with Crippen molar-refractivity contribution >= 4 is 35.7 Å². The number of carbonyl (C=O) groups is 1. The summed E-state index contributed by atoms with van der Waals surface area (Å²) >= 11 is 1.12. The van der Waals surface area contributed by atoms with Gasteiger partial charge in [-0.2, -0.15) is 0 Å². The molecule has 0 atom stereocenters. The van der Waals surface area contributed by atoms with Gasteiger partial charge in [0.05, 0.1) is 0 Å². The molecule has 4 heteroatoms. The molecule has 0 bridgehead atoms. The third-order valence-corrected chi connectivity index (χ3v) is 3.65. The van der Waals surface area contributed by atoms with Gasteiger partial charge in [-0.05, 0) is 0 Å². The monoisotopic (exact) mass is 311 g/mol. The van der Waals surface area contributed by atoms with Crippen LogP contribution in [0.1, 0.15) is 43.0 Å². The summed E-state index contributed by atoms with van der Waals surface area (Å²) in [6.07, 6.45) is 5.44. The number of ketones is 1. The second-order valence-corrected chi connectivity index (χ2v) is 5.01. The van der Waals surface area contributed by atoms with Crippen molar-refractivity contribution in [2.24, 2.45) is 0 Å². The average molecular weight is 312 g/mol. The summed E-state index contributed by atoms with van der Waals surface area (Å²) in [4.78, 5) is 16.6. The van der Waals surface area contributed by atoms with Crippen molar-refractivity contribution in [2.75, 3.05) is 0 Å². The summed E-state index contributed by atoms with van der Waals surface area (Å²) in [7, 11) is 0. The van der Waals surface area contributed by atoms with E-state index in [0.717, 1.165) is 49.1 Å². The molecule has 2 rings (SSSR count). The zero-order chi connectivity index (χ0) is 13.7. The first-order valence-corrected chi connectivity index (χ1v) is 7.54. The fourth-order valence-electron chi connectivity index (χ4n) is 2.13. The molecule has 0 fully saturated rings. The van der Waals surface area contributed by atoms with E-state index in [4.69, 9.17) is 3.53 Å². The van der Waals surface area contributed by atoms with E-state index in [-0.39, 0.29) is 5.78 Å². The predicted octanol–water partition coefficient (Wildman–Crippen LogP) is 3.46. The number of unbranched alkanes of at least 4 members (excludes halogenated alkanes) is 2. The van der Waals surface area contributed by atoms with Crippen molar-refractivity contribution < 1.29 is 8.32 Å². The van der Waals surface area contributed by atoms with Gasteiger partial charge in [0.1, 0.15) is 0 Å². The van der Waals surface area contributed by atoms with Crippen LogP contribution in [0.2, 0.25) is 0 Å². The van der Waals surface area contributed by atoms with E-state index in [2.05, 4.69) is 11.9 Å². The number of aromatic nitrogens is 1. The topological polar surface area (TPSA) is 39.2 Å². The number of benzene rings is 1. The van der Waals surface area contributed by atoms with Gasteiger partial charge in [0.2, 0.25) is 0 Å². The molecule has 19 heavy (non-hydrogen) atoms. The van der Waals surface area contributed by atoms with Crippen molar-refractivity contribution in [3.63, 3.8) is 0 Å². The Balaban J connectivity index is 2.35. The van der Waals surface area contributed by atoms with Crippen LogP contribution < -0.4 is 3.53 Å². The van der Waals surface area contributed by atoms with E-state index in [1.807, 2.05) is 24.3 Å². The fourth-order valence-corrected chi connectivity index (χ4v) is 2.63. The Hall–Kier alpha value is -1.26. The van der Waals surface area contributed by atoms with Crippen LogP contribution in [0.25, 0.3) is 10.9 Å². The van der Waals surface area contributed by atoms with E-state index in [1.54, 1.807) is 6.20 Å². The summed E-state index contributed by atoms with van der Waals surface area (Å²) in [5.41, 5.74) is 1.43. The molecule has 0 saturated heterocycles. The molecule has 0 N–H and O–H groups in total. The molecule has 96 valence electrons. The summed E-state index contributed by atoms with van der Waals surface area (Å²) in [5, 5.41) is 1.00. The molecule has 0 amide bonds. The van der Waals surface area contributed by atoms with Gasteiger partial charge in [-0.15, -0.1) is 0 Å². The summed E-state index contributed by atoms with van der Waals surface area (Å²) < 4.78 is 5.47. The second-order valence-electron chi connectivity index (χ2n) is 4.52. The van der Waals surface area contributed by atoms with Crippen LogP contribution in [0.15, 0.2) is 30.5 Å². The van der Waals surface area contributed by atoms with Crippen LogP contribution in [0.3, 0.4) is 0 Å². The number of rotatable bonds is 6.